The van der Waals surface area contributed by atoms with E-state index in [0.29, 0.717) is 3.57 Å². The number of carboxylic acids is 1. The second-order valence-corrected chi connectivity index (χ2v) is 7.03. The fraction of sp³-hybridized carbons (Fsp3) is 0. The molecule has 1 heterocycles. The van der Waals surface area contributed by atoms with Gasteiger partial charge in [0.2, 0.25) is 0 Å². The van der Waals surface area contributed by atoms with Crippen molar-refractivity contribution in [2.45, 2.75) is 0 Å². The van der Waals surface area contributed by atoms with E-state index < -0.39 is 11.9 Å². The largest absolute Gasteiger partial charge is 0.506 e. The van der Waals surface area contributed by atoms with Gasteiger partial charge in [0.25, 0.3) is 5.91 Å². The summed E-state index contributed by atoms with van der Waals surface area (Å²) in [7, 11) is 0. The van der Waals surface area contributed by atoms with Crippen molar-refractivity contribution in [1.82, 2.24) is 0 Å². The van der Waals surface area contributed by atoms with Crippen molar-refractivity contribution in [1.29, 1.82) is 0 Å². The summed E-state index contributed by atoms with van der Waals surface area (Å²) in [5, 5.41) is 23.2. The molecule has 0 bridgehead atoms. The summed E-state index contributed by atoms with van der Waals surface area (Å²) in [5.41, 5.74) is 0.147. The van der Waals surface area contributed by atoms with Crippen LogP contribution in [0.5, 0.6) is 5.75 Å². The van der Waals surface area contributed by atoms with Crippen LogP contribution >= 0.6 is 56.5 Å². The van der Waals surface area contributed by atoms with Gasteiger partial charge in [-0.2, -0.15) is 0 Å². The highest BCUT2D eigenvalue weighted by atomic mass is 127. The van der Waals surface area contributed by atoms with Crippen LogP contribution in [-0.4, -0.2) is 22.1 Å². The zero-order valence-electron chi connectivity index (χ0n) is 9.68. The van der Waals surface area contributed by atoms with Gasteiger partial charge in [-0.1, -0.05) is 0 Å². The predicted octanol–water partition coefficient (Wildman–Crippen LogP) is 3.61. The molecule has 2 rings (SSSR count). The number of thiophene rings is 1. The predicted molar refractivity (Wildman–Crippen MR) is 92.8 cm³/mol. The van der Waals surface area contributed by atoms with Crippen LogP contribution in [0.4, 0.5) is 5.00 Å². The number of aromatic carboxylic acids is 1. The number of amides is 1. The van der Waals surface area contributed by atoms with Gasteiger partial charge in [-0.15, -0.1) is 11.3 Å². The second kappa shape index (κ2) is 6.26. The average Bonchev–Trinajstić information content (AvgIpc) is 2.81. The molecule has 20 heavy (non-hydrogen) atoms. The maximum atomic E-state index is 12.1. The Labute approximate surface area is 145 Å². The number of rotatable bonds is 3. The molecule has 104 valence electrons. The topological polar surface area (TPSA) is 86.6 Å². The van der Waals surface area contributed by atoms with Crippen LogP contribution in [0.2, 0.25) is 0 Å². The smallest absolute Gasteiger partial charge is 0.338 e. The number of aromatic hydroxyl groups is 1. The van der Waals surface area contributed by atoms with Crippen molar-refractivity contribution >= 4 is 73.4 Å². The van der Waals surface area contributed by atoms with Gasteiger partial charge in [-0.25, -0.2) is 4.79 Å². The number of halogens is 2. The zero-order valence-corrected chi connectivity index (χ0v) is 14.8. The number of carboxylic acid groups (broad SMARTS) is 1. The van der Waals surface area contributed by atoms with E-state index in [-0.39, 0.29) is 21.9 Å². The van der Waals surface area contributed by atoms with Crippen molar-refractivity contribution < 1.29 is 19.8 Å². The lowest BCUT2D eigenvalue weighted by Gasteiger charge is -2.08. The van der Waals surface area contributed by atoms with E-state index in [1.54, 1.807) is 17.5 Å². The Morgan fingerprint density at radius 2 is 1.90 bits per heavy atom. The third kappa shape index (κ3) is 3.23. The summed E-state index contributed by atoms with van der Waals surface area (Å²) in [6.45, 7) is 0. The molecule has 8 heteroatoms. The van der Waals surface area contributed by atoms with E-state index in [1.807, 2.05) is 45.2 Å². The number of benzene rings is 1. The SMILES string of the molecule is O=C(O)c1ccsc1NC(=O)c1cc(I)cc(I)c1O. The van der Waals surface area contributed by atoms with Crippen molar-refractivity contribution in [3.05, 3.63) is 41.8 Å². The molecule has 0 saturated carbocycles. The van der Waals surface area contributed by atoms with Gasteiger partial charge in [0.05, 0.1) is 14.7 Å². The molecule has 1 aromatic carbocycles. The quantitative estimate of drug-likeness (QED) is 0.546. The van der Waals surface area contributed by atoms with Crippen LogP contribution in [0.1, 0.15) is 20.7 Å². The first-order valence-electron chi connectivity index (χ1n) is 5.20. The first-order chi connectivity index (χ1) is 9.40. The summed E-state index contributed by atoms with van der Waals surface area (Å²) in [6.07, 6.45) is 0. The lowest BCUT2D eigenvalue weighted by molar-refractivity contribution is 0.0698. The third-order valence-corrected chi connectivity index (χ3v) is 4.67. The maximum absolute atomic E-state index is 12.1. The van der Waals surface area contributed by atoms with E-state index in [2.05, 4.69) is 5.32 Å². The van der Waals surface area contributed by atoms with Gasteiger partial charge >= 0.3 is 5.97 Å². The van der Waals surface area contributed by atoms with Gasteiger partial charge in [0.15, 0.2) is 0 Å². The van der Waals surface area contributed by atoms with E-state index in [9.17, 15) is 14.7 Å². The molecule has 3 N–H and O–H groups in total. The molecule has 0 unspecified atom stereocenters. The second-order valence-electron chi connectivity index (χ2n) is 3.71. The van der Waals surface area contributed by atoms with E-state index in [0.717, 1.165) is 14.9 Å². The molecule has 5 nitrogen and oxygen atoms in total. The highest BCUT2D eigenvalue weighted by Gasteiger charge is 2.18. The molecule has 0 radical (unpaired) electrons. The van der Waals surface area contributed by atoms with Crippen LogP contribution in [0.15, 0.2) is 23.6 Å². The molecule has 1 amide bonds. The zero-order chi connectivity index (χ0) is 14.9. The molecule has 0 saturated heterocycles. The molecule has 1 aromatic heterocycles. The number of hydrogen-bond acceptors (Lipinski definition) is 4. The summed E-state index contributed by atoms with van der Waals surface area (Å²) in [4.78, 5) is 23.1. The molecule has 0 aliphatic carbocycles. The van der Waals surface area contributed by atoms with E-state index >= 15 is 0 Å². The molecule has 0 aliphatic heterocycles. The molecule has 0 atom stereocenters. The van der Waals surface area contributed by atoms with Gasteiger partial charge in [-0.3, -0.25) is 4.79 Å². The minimum Gasteiger partial charge on any atom is -0.506 e. The highest BCUT2D eigenvalue weighted by molar-refractivity contribution is 14.1. The molecule has 0 aliphatic rings. The summed E-state index contributed by atoms with van der Waals surface area (Å²) >= 11 is 5.09. The highest BCUT2D eigenvalue weighted by Crippen LogP contribution is 2.29. The number of carbonyl (C=O) groups excluding carboxylic acids is 1. The molecule has 0 fully saturated rings. The molecular formula is C12H7I2NO4S. The Kier molecular flexibility index (Phi) is 4.86. The Balaban J connectivity index is 2.33. The maximum Gasteiger partial charge on any atom is 0.338 e. The third-order valence-electron chi connectivity index (χ3n) is 2.40. The Morgan fingerprint density at radius 1 is 1.20 bits per heavy atom. The lowest BCUT2D eigenvalue weighted by Crippen LogP contribution is -2.14. The Bertz CT molecular complexity index is 699. The average molecular weight is 515 g/mol. The first kappa shape index (κ1) is 15.5. The summed E-state index contributed by atoms with van der Waals surface area (Å²) in [6, 6.07) is 4.70. The van der Waals surface area contributed by atoms with Gasteiger partial charge in [-0.05, 0) is 68.8 Å². The molecular weight excluding hydrogens is 508 g/mol. The standard InChI is InChI=1S/C12H7I2NO4S/c13-5-3-7(9(16)8(14)4-5)10(17)15-11-6(12(18)19)1-2-20-11/h1-4,16H,(H,15,17)(H,18,19). The fourth-order valence-electron chi connectivity index (χ4n) is 1.48. The number of carbonyl (C=O) groups is 2. The van der Waals surface area contributed by atoms with E-state index in [1.165, 1.54) is 6.07 Å². The summed E-state index contributed by atoms with van der Waals surface area (Å²) < 4.78 is 1.36. The normalized spacial score (nSPS) is 10.3. The van der Waals surface area contributed by atoms with Crippen molar-refractivity contribution in [2.75, 3.05) is 5.32 Å². The van der Waals surface area contributed by atoms with Crippen LogP contribution in [0.3, 0.4) is 0 Å². The monoisotopic (exact) mass is 515 g/mol. The molecule has 2 aromatic rings. The van der Waals surface area contributed by atoms with Gasteiger partial charge in [0.1, 0.15) is 10.8 Å². The number of phenolic OH excluding ortho intramolecular Hbond substituents is 1. The van der Waals surface area contributed by atoms with E-state index in [4.69, 9.17) is 5.11 Å². The van der Waals surface area contributed by atoms with Crippen LogP contribution < -0.4 is 5.32 Å². The van der Waals surface area contributed by atoms with Crippen molar-refractivity contribution in [2.24, 2.45) is 0 Å². The molecule has 0 spiro atoms. The lowest BCUT2D eigenvalue weighted by atomic mass is 10.2. The number of phenols is 1. The Hall–Kier alpha value is -0.880. The number of hydrogen-bond donors (Lipinski definition) is 3. The van der Waals surface area contributed by atoms with Crippen LogP contribution in [-0.2, 0) is 0 Å². The minimum atomic E-state index is -1.11. The van der Waals surface area contributed by atoms with Crippen LogP contribution in [0.25, 0.3) is 0 Å². The first-order valence-corrected chi connectivity index (χ1v) is 8.24. The van der Waals surface area contributed by atoms with Crippen molar-refractivity contribution in [3.8, 4) is 5.75 Å². The fourth-order valence-corrected chi connectivity index (χ4v) is 4.10. The number of nitrogens with one attached hydrogen (secondary N) is 1. The van der Waals surface area contributed by atoms with Gasteiger partial charge in [0, 0.05) is 3.57 Å². The van der Waals surface area contributed by atoms with Gasteiger partial charge < -0.3 is 15.5 Å². The Morgan fingerprint density at radius 3 is 2.55 bits per heavy atom. The minimum absolute atomic E-state index is 0.0307. The van der Waals surface area contributed by atoms with Crippen LogP contribution in [0, 0.1) is 7.14 Å². The van der Waals surface area contributed by atoms with Crippen molar-refractivity contribution in [3.63, 3.8) is 0 Å². The summed E-state index contributed by atoms with van der Waals surface area (Å²) in [5.74, 6) is -1.76. The number of anilines is 1.